The van der Waals surface area contributed by atoms with Crippen LogP contribution in [0.3, 0.4) is 0 Å². The van der Waals surface area contributed by atoms with Crippen molar-refractivity contribution < 1.29 is 23.8 Å². The van der Waals surface area contributed by atoms with Crippen molar-refractivity contribution in [2.75, 3.05) is 13.2 Å². The van der Waals surface area contributed by atoms with Crippen molar-refractivity contribution in [3.63, 3.8) is 0 Å². The summed E-state index contributed by atoms with van der Waals surface area (Å²) < 4.78 is 17.3. The van der Waals surface area contributed by atoms with Crippen LogP contribution in [-0.4, -0.2) is 36.2 Å². The number of carbonyl (C=O) groups excluding carboxylic acids is 2. The van der Waals surface area contributed by atoms with Gasteiger partial charge < -0.3 is 14.2 Å². The third-order valence-electron chi connectivity index (χ3n) is 7.93. The Hall–Kier alpha value is -4.58. The van der Waals surface area contributed by atoms with Gasteiger partial charge in [0.1, 0.15) is 31.6 Å². The fourth-order valence-electron chi connectivity index (χ4n) is 5.69. The summed E-state index contributed by atoms with van der Waals surface area (Å²) in [5.41, 5.74) is 7.84. The van der Waals surface area contributed by atoms with Crippen LogP contribution in [-0.2, 0) is 27.5 Å². The van der Waals surface area contributed by atoms with Crippen molar-refractivity contribution in [1.29, 1.82) is 0 Å². The number of carbonyl (C=O) groups is 2. The monoisotopic (exact) mass is 547 g/mol. The van der Waals surface area contributed by atoms with Gasteiger partial charge in [-0.25, -0.2) is 9.59 Å². The van der Waals surface area contributed by atoms with Gasteiger partial charge in [-0.1, -0.05) is 90.5 Å². The predicted octanol–water partition coefficient (Wildman–Crippen LogP) is 7.03. The molecule has 4 aromatic rings. The van der Waals surface area contributed by atoms with Crippen LogP contribution in [0.15, 0.2) is 97.1 Å². The van der Waals surface area contributed by atoms with E-state index in [0.717, 1.165) is 34.4 Å². The molecule has 1 saturated heterocycles. The largest absolute Gasteiger partial charge is 0.489 e. The highest BCUT2D eigenvalue weighted by molar-refractivity contribution is 5.82. The molecule has 1 atom stereocenters. The Morgan fingerprint density at radius 1 is 0.756 bits per heavy atom. The minimum absolute atomic E-state index is 0.0248. The lowest BCUT2D eigenvalue weighted by Gasteiger charge is -2.24. The topological polar surface area (TPSA) is 65.1 Å². The number of nitrogens with zero attached hydrogens (tertiary/aromatic N) is 1. The summed E-state index contributed by atoms with van der Waals surface area (Å²) in [5.74, 6) is 0.316. The van der Waals surface area contributed by atoms with E-state index < -0.39 is 18.1 Å². The number of amides is 1. The molecule has 1 amide bonds. The van der Waals surface area contributed by atoms with E-state index in [1.807, 2.05) is 48.5 Å². The van der Waals surface area contributed by atoms with Gasteiger partial charge in [-0.3, -0.25) is 4.90 Å². The van der Waals surface area contributed by atoms with E-state index in [9.17, 15) is 9.59 Å². The minimum atomic E-state index is -0.636. The summed E-state index contributed by atoms with van der Waals surface area (Å²) in [6.07, 6.45) is 0.826. The first-order chi connectivity index (χ1) is 20.1. The Labute approximate surface area is 240 Å². The molecule has 0 spiro atoms. The number of fused-ring (bicyclic) bond motifs is 3. The summed E-state index contributed by atoms with van der Waals surface area (Å²) in [6, 6.07) is 31.6. The van der Waals surface area contributed by atoms with Gasteiger partial charge in [0.15, 0.2) is 0 Å². The predicted molar refractivity (Wildman–Crippen MR) is 157 cm³/mol. The Morgan fingerprint density at radius 2 is 1.37 bits per heavy atom. The number of hydrogen-bond donors (Lipinski definition) is 0. The van der Waals surface area contributed by atoms with Crippen LogP contribution in [0.1, 0.15) is 46.6 Å². The third kappa shape index (κ3) is 5.82. The van der Waals surface area contributed by atoms with Gasteiger partial charge >= 0.3 is 12.1 Å². The van der Waals surface area contributed by atoms with Crippen molar-refractivity contribution >= 4 is 12.1 Å². The summed E-state index contributed by atoms with van der Waals surface area (Å²) >= 11 is 0. The quantitative estimate of drug-likeness (QED) is 0.222. The molecule has 0 aromatic heterocycles. The van der Waals surface area contributed by atoms with E-state index >= 15 is 0 Å². The number of hydrogen-bond acceptors (Lipinski definition) is 5. The molecule has 0 N–H and O–H groups in total. The van der Waals surface area contributed by atoms with Crippen molar-refractivity contribution in [2.45, 2.75) is 44.9 Å². The van der Waals surface area contributed by atoms with E-state index in [1.54, 1.807) is 0 Å². The first kappa shape index (κ1) is 26.6. The standard InChI is InChI=1S/C35H33NO5/c1-24-12-14-25(15-13-24)21-39-27-18-16-26(17-19-27)22-40-34(37)33-11-6-20-36(33)35(38)41-23-32-30-9-4-2-7-28(30)29-8-3-5-10-31(29)32/h2-5,7-10,12-19,32-33H,6,11,20-23H2,1H3/t33-/m1/s1. The molecule has 0 unspecified atom stereocenters. The number of likely N-dealkylation sites (tertiary alicyclic amines) is 1. The molecular weight excluding hydrogens is 514 g/mol. The molecule has 6 heteroatoms. The molecular formula is C35H33NO5. The molecule has 4 aromatic carbocycles. The zero-order valence-electron chi connectivity index (χ0n) is 23.1. The molecule has 1 fully saturated rings. The van der Waals surface area contributed by atoms with Gasteiger partial charge in [0.25, 0.3) is 0 Å². The van der Waals surface area contributed by atoms with E-state index in [2.05, 4.69) is 55.5 Å². The van der Waals surface area contributed by atoms with Gasteiger partial charge in [0.05, 0.1) is 0 Å². The van der Waals surface area contributed by atoms with Crippen LogP contribution < -0.4 is 4.74 Å². The molecule has 6 rings (SSSR count). The summed E-state index contributed by atoms with van der Waals surface area (Å²) in [7, 11) is 0. The molecule has 1 heterocycles. The molecule has 0 radical (unpaired) electrons. The Bertz CT molecular complexity index is 1480. The number of benzene rings is 4. The second kappa shape index (κ2) is 11.9. The second-order valence-corrected chi connectivity index (χ2v) is 10.7. The molecule has 6 nitrogen and oxygen atoms in total. The normalized spacial score (nSPS) is 15.7. The first-order valence-electron chi connectivity index (χ1n) is 14.1. The summed E-state index contributed by atoms with van der Waals surface area (Å²) in [5, 5.41) is 0. The third-order valence-corrected chi connectivity index (χ3v) is 7.93. The molecule has 1 aliphatic carbocycles. The smallest absolute Gasteiger partial charge is 0.410 e. The fourth-order valence-corrected chi connectivity index (χ4v) is 5.69. The number of rotatable bonds is 8. The van der Waals surface area contributed by atoms with E-state index in [-0.39, 0.29) is 19.1 Å². The van der Waals surface area contributed by atoms with Crippen molar-refractivity contribution in [1.82, 2.24) is 4.90 Å². The average Bonchev–Trinajstić information content (AvgIpc) is 3.63. The van der Waals surface area contributed by atoms with Crippen LogP contribution >= 0.6 is 0 Å². The molecule has 2 aliphatic rings. The maximum Gasteiger partial charge on any atom is 0.410 e. The lowest BCUT2D eigenvalue weighted by molar-refractivity contribution is -0.149. The minimum Gasteiger partial charge on any atom is -0.489 e. The molecule has 0 saturated carbocycles. The maximum atomic E-state index is 13.1. The van der Waals surface area contributed by atoms with Crippen LogP contribution in [0.2, 0.25) is 0 Å². The number of esters is 1. The van der Waals surface area contributed by atoms with E-state index in [4.69, 9.17) is 14.2 Å². The fraction of sp³-hybridized carbons (Fsp3) is 0.257. The van der Waals surface area contributed by atoms with Crippen LogP contribution in [0.5, 0.6) is 5.75 Å². The SMILES string of the molecule is Cc1ccc(COc2ccc(COC(=O)[C@H]3CCCN3C(=O)OCC3c4ccccc4-c4ccccc43)cc2)cc1. The van der Waals surface area contributed by atoms with Gasteiger partial charge in [0, 0.05) is 12.5 Å². The van der Waals surface area contributed by atoms with E-state index in [0.29, 0.717) is 19.6 Å². The number of aryl methyl sites for hydroxylation is 1. The van der Waals surface area contributed by atoms with Crippen LogP contribution in [0.4, 0.5) is 4.79 Å². The first-order valence-corrected chi connectivity index (χ1v) is 14.1. The zero-order chi connectivity index (χ0) is 28.2. The summed E-state index contributed by atoms with van der Waals surface area (Å²) in [4.78, 5) is 27.6. The molecule has 1 aliphatic heterocycles. The lowest BCUT2D eigenvalue weighted by atomic mass is 9.98. The number of ether oxygens (including phenoxy) is 3. The Morgan fingerprint density at radius 3 is 2.05 bits per heavy atom. The van der Waals surface area contributed by atoms with Gasteiger partial charge in [-0.2, -0.15) is 0 Å². The highest BCUT2D eigenvalue weighted by Crippen LogP contribution is 2.44. The maximum absolute atomic E-state index is 13.1. The molecule has 0 bridgehead atoms. The molecule has 41 heavy (non-hydrogen) atoms. The highest BCUT2D eigenvalue weighted by Gasteiger charge is 2.37. The molecule has 208 valence electrons. The highest BCUT2D eigenvalue weighted by atomic mass is 16.6. The average molecular weight is 548 g/mol. The van der Waals surface area contributed by atoms with Crippen molar-refractivity contribution in [2.24, 2.45) is 0 Å². The second-order valence-electron chi connectivity index (χ2n) is 10.7. The van der Waals surface area contributed by atoms with Gasteiger partial charge in [0.2, 0.25) is 0 Å². The van der Waals surface area contributed by atoms with Crippen LogP contribution in [0, 0.1) is 6.92 Å². The Kier molecular flexibility index (Phi) is 7.72. The Balaban J connectivity index is 1.01. The van der Waals surface area contributed by atoms with Gasteiger partial charge in [-0.05, 0) is 65.3 Å². The summed E-state index contributed by atoms with van der Waals surface area (Å²) in [6.45, 7) is 3.38. The van der Waals surface area contributed by atoms with Crippen molar-refractivity contribution in [3.05, 3.63) is 125 Å². The zero-order valence-corrected chi connectivity index (χ0v) is 23.1. The van der Waals surface area contributed by atoms with Crippen molar-refractivity contribution in [3.8, 4) is 16.9 Å². The van der Waals surface area contributed by atoms with Gasteiger partial charge in [-0.15, -0.1) is 0 Å². The van der Waals surface area contributed by atoms with Crippen LogP contribution in [0.25, 0.3) is 11.1 Å². The lowest BCUT2D eigenvalue weighted by Crippen LogP contribution is -2.42. The van der Waals surface area contributed by atoms with E-state index in [1.165, 1.54) is 21.6 Å².